The van der Waals surface area contributed by atoms with E-state index in [9.17, 15) is 4.39 Å². The van der Waals surface area contributed by atoms with Crippen molar-refractivity contribution in [1.82, 2.24) is 4.90 Å². The summed E-state index contributed by atoms with van der Waals surface area (Å²) in [5, 5.41) is 0. The number of benzene rings is 1. The zero-order valence-electron chi connectivity index (χ0n) is 11.1. The number of hydrogen-bond donors (Lipinski definition) is 1. The molecule has 0 aromatic heterocycles. The molecule has 0 aliphatic carbocycles. The van der Waals surface area contributed by atoms with Gasteiger partial charge in [-0.3, -0.25) is 4.90 Å². The second-order valence-electron chi connectivity index (χ2n) is 4.81. The van der Waals surface area contributed by atoms with E-state index >= 15 is 0 Å². The van der Waals surface area contributed by atoms with Crippen LogP contribution < -0.4 is 5.73 Å². The topological polar surface area (TPSA) is 38.5 Å². The van der Waals surface area contributed by atoms with E-state index in [-0.39, 0.29) is 18.0 Å². The lowest BCUT2D eigenvalue weighted by molar-refractivity contribution is -0.0441. The van der Waals surface area contributed by atoms with Crippen LogP contribution in [0.3, 0.4) is 0 Å². The molecule has 0 radical (unpaired) electrons. The van der Waals surface area contributed by atoms with E-state index in [0.29, 0.717) is 18.7 Å². The summed E-state index contributed by atoms with van der Waals surface area (Å²) in [5.74, 6) is -0.204. The van der Waals surface area contributed by atoms with Crippen molar-refractivity contribution >= 4 is 15.9 Å². The molecular weight excluding hydrogens is 311 g/mol. The molecule has 1 aliphatic rings. The molecule has 5 heteroatoms. The first-order chi connectivity index (χ1) is 9.15. The van der Waals surface area contributed by atoms with Crippen molar-refractivity contribution in [3.63, 3.8) is 0 Å². The zero-order chi connectivity index (χ0) is 13.8. The SMILES string of the molecule is CCC1CN(C(CN)c2ccc(Br)cc2F)CCO1. The molecule has 106 valence electrons. The van der Waals surface area contributed by atoms with Gasteiger partial charge in [0.05, 0.1) is 18.8 Å². The first kappa shape index (κ1) is 14.9. The minimum atomic E-state index is -0.204. The van der Waals surface area contributed by atoms with Gasteiger partial charge in [0.15, 0.2) is 0 Å². The van der Waals surface area contributed by atoms with Crippen molar-refractivity contribution < 1.29 is 9.13 Å². The molecule has 2 atom stereocenters. The molecular formula is C14H20BrFN2O. The van der Waals surface area contributed by atoms with Gasteiger partial charge >= 0.3 is 0 Å². The fourth-order valence-electron chi connectivity index (χ4n) is 2.52. The van der Waals surface area contributed by atoms with Crippen LogP contribution in [0.2, 0.25) is 0 Å². The first-order valence-electron chi connectivity index (χ1n) is 6.66. The van der Waals surface area contributed by atoms with Gasteiger partial charge in [-0.25, -0.2) is 4.39 Å². The van der Waals surface area contributed by atoms with Crippen LogP contribution in [-0.4, -0.2) is 37.2 Å². The molecule has 1 aromatic carbocycles. The summed E-state index contributed by atoms with van der Waals surface area (Å²) in [5.41, 5.74) is 6.54. The molecule has 0 saturated carbocycles. The Labute approximate surface area is 122 Å². The largest absolute Gasteiger partial charge is 0.376 e. The number of hydrogen-bond acceptors (Lipinski definition) is 3. The lowest BCUT2D eigenvalue weighted by Gasteiger charge is -2.38. The van der Waals surface area contributed by atoms with Crippen molar-refractivity contribution in [2.75, 3.05) is 26.2 Å². The Morgan fingerprint density at radius 2 is 2.37 bits per heavy atom. The molecule has 0 spiro atoms. The van der Waals surface area contributed by atoms with Crippen LogP contribution in [0, 0.1) is 5.82 Å². The molecule has 3 nitrogen and oxygen atoms in total. The normalized spacial score (nSPS) is 22.4. The number of nitrogens with two attached hydrogens (primary N) is 1. The van der Waals surface area contributed by atoms with Gasteiger partial charge in [-0.2, -0.15) is 0 Å². The van der Waals surface area contributed by atoms with Gasteiger partial charge < -0.3 is 10.5 Å². The van der Waals surface area contributed by atoms with Crippen LogP contribution in [0.1, 0.15) is 24.9 Å². The number of halogens is 2. The van der Waals surface area contributed by atoms with Crippen molar-refractivity contribution in [1.29, 1.82) is 0 Å². The lowest BCUT2D eigenvalue weighted by atomic mass is 10.0. The Morgan fingerprint density at radius 1 is 1.58 bits per heavy atom. The van der Waals surface area contributed by atoms with Gasteiger partial charge in [0.2, 0.25) is 0 Å². The minimum Gasteiger partial charge on any atom is -0.376 e. The second kappa shape index (κ2) is 6.79. The van der Waals surface area contributed by atoms with E-state index in [0.717, 1.165) is 24.0 Å². The molecule has 2 N–H and O–H groups in total. The predicted octanol–water partition coefficient (Wildman–Crippen LogP) is 2.70. The number of rotatable bonds is 4. The molecule has 1 aromatic rings. The molecule has 0 bridgehead atoms. The molecule has 1 aliphatic heterocycles. The van der Waals surface area contributed by atoms with Gasteiger partial charge in [0.1, 0.15) is 5.82 Å². The maximum atomic E-state index is 14.1. The van der Waals surface area contributed by atoms with Gasteiger partial charge in [0, 0.05) is 29.7 Å². The maximum Gasteiger partial charge on any atom is 0.129 e. The monoisotopic (exact) mass is 330 g/mol. The van der Waals surface area contributed by atoms with E-state index in [2.05, 4.69) is 27.8 Å². The number of morpholine rings is 1. The number of nitrogens with zero attached hydrogens (tertiary/aromatic N) is 1. The summed E-state index contributed by atoms with van der Waals surface area (Å²) in [6, 6.07) is 5.09. The van der Waals surface area contributed by atoms with E-state index in [1.807, 2.05) is 12.1 Å². The van der Waals surface area contributed by atoms with Crippen molar-refractivity contribution in [3.8, 4) is 0 Å². The van der Waals surface area contributed by atoms with Crippen molar-refractivity contribution in [2.24, 2.45) is 5.73 Å². The van der Waals surface area contributed by atoms with Gasteiger partial charge in [-0.15, -0.1) is 0 Å². The Balaban J connectivity index is 2.19. The molecule has 1 fully saturated rings. The van der Waals surface area contributed by atoms with E-state index in [1.54, 1.807) is 0 Å². The Morgan fingerprint density at radius 3 is 3.00 bits per heavy atom. The third-order valence-corrected chi connectivity index (χ3v) is 4.10. The molecule has 19 heavy (non-hydrogen) atoms. The minimum absolute atomic E-state index is 0.0777. The van der Waals surface area contributed by atoms with E-state index in [4.69, 9.17) is 10.5 Å². The molecule has 1 saturated heterocycles. The summed E-state index contributed by atoms with van der Waals surface area (Å²) < 4.78 is 20.5. The highest BCUT2D eigenvalue weighted by Crippen LogP contribution is 2.27. The van der Waals surface area contributed by atoms with Gasteiger partial charge in [-0.1, -0.05) is 28.9 Å². The average molecular weight is 331 g/mol. The van der Waals surface area contributed by atoms with Gasteiger partial charge in [-0.05, 0) is 18.6 Å². The van der Waals surface area contributed by atoms with Crippen LogP contribution in [-0.2, 0) is 4.74 Å². The summed E-state index contributed by atoms with van der Waals surface area (Å²) in [6.07, 6.45) is 1.19. The van der Waals surface area contributed by atoms with Gasteiger partial charge in [0.25, 0.3) is 0 Å². The third-order valence-electron chi connectivity index (χ3n) is 3.61. The Hall–Kier alpha value is -0.490. The summed E-state index contributed by atoms with van der Waals surface area (Å²) in [7, 11) is 0. The summed E-state index contributed by atoms with van der Waals surface area (Å²) in [4.78, 5) is 2.23. The van der Waals surface area contributed by atoms with E-state index < -0.39 is 0 Å². The highest BCUT2D eigenvalue weighted by atomic mass is 79.9. The van der Waals surface area contributed by atoms with Crippen LogP contribution in [0.4, 0.5) is 4.39 Å². The highest BCUT2D eigenvalue weighted by molar-refractivity contribution is 9.10. The summed E-state index contributed by atoms with van der Waals surface area (Å²) in [6.45, 7) is 4.82. The quantitative estimate of drug-likeness (QED) is 0.922. The fourth-order valence-corrected chi connectivity index (χ4v) is 2.85. The number of ether oxygens (including phenoxy) is 1. The van der Waals surface area contributed by atoms with E-state index in [1.165, 1.54) is 6.07 Å². The fraction of sp³-hybridized carbons (Fsp3) is 0.571. The molecule has 2 rings (SSSR count). The van der Waals surface area contributed by atoms with Crippen molar-refractivity contribution in [3.05, 3.63) is 34.1 Å². The standard InChI is InChI=1S/C14H20BrFN2O/c1-2-11-9-18(5-6-19-11)14(8-17)12-4-3-10(15)7-13(12)16/h3-4,7,11,14H,2,5-6,8-9,17H2,1H3. The van der Waals surface area contributed by atoms with Crippen LogP contribution in [0.25, 0.3) is 0 Å². The first-order valence-corrected chi connectivity index (χ1v) is 7.45. The lowest BCUT2D eigenvalue weighted by Crippen LogP contribution is -2.46. The molecule has 2 unspecified atom stereocenters. The molecule has 0 amide bonds. The van der Waals surface area contributed by atoms with Crippen LogP contribution >= 0.6 is 15.9 Å². The predicted molar refractivity (Wildman–Crippen MR) is 77.5 cm³/mol. The average Bonchev–Trinajstić information content (AvgIpc) is 2.42. The van der Waals surface area contributed by atoms with Crippen LogP contribution in [0.15, 0.2) is 22.7 Å². The maximum absolute atomic E-state index is 14.1. The zero-order valence-corrected chi connectivity index (χ0v) is 12.7. The Bertz CT molecular complexity index is 430. The molecule has 1 heterocycles. The van der Waals surface area contributed by atoms with Crippen molar-refractivity contribution in [2.45, 2.75) is 25.5 Å². The van der Waals surface area contributed by atoms with Crippen LogP contribution in [0.5, 0.6) is 0 Å². The third kappa shape index (κ3) is 3.54. The highest BCUT2D eigenvalue weighted by Gasteiger charge is 2.27. The summed E-state index contributed by atoms with van der Waals surface area (Å²) >= 11 is 3.28. The second-order valence-corrected chi connectivity index (χ2v) is 5.73. The smallest absolute Gasteiger partial charge is 0.129 e. The Kier molecular flexibility index (Phi) is 5.33.